The molecule has 0 aliphatic carbocycles. The molecule has 0 spiro atoms. The summed E-state index contributed by atoms with van der Waals surface area (Å²) in [5.74, 6) is 0.527. The minimum absolute atomic E-state index is 0.0760. The molecule has 1 aromatic rings. The first-order valence-electron chi connectivity index (χ1n) is 5.21. The highest BCUT2D eigenvalue weighted by Gasteiger charge is 2.37. The van der Waals surface area contributed by atoms with E-state index in [0.29, 0.717) is 19.0 Å². The van der Waals surface area contributed by atoms with Gasteiger partial charge < -0.3 is 5.32 Å². The van der Waals surface area contributed by atoms with Crippen LogP contribution in [0.15, 0.2) is 18.5 Å². The Labute approximate surface area is 101 Å². The molecule has 0 unspecified atom stereocenters. The molecule has 0 saturated carbocycles. The number of nitrogens with one attached hydrogen (secondary N) is 1. The van der Waals surface area contributed by atoms with Crippen LogP contribution in [-0.2, 0) is 10.2 Å². The molecule has 1 saturated heterocycles. The third-order valence-corrected chi connectivity index (χ3v) is 4.41. The molecule has 0 bridgehead atoms. The Balaban J connectivity index is 1.88. The summed E-state index contributed by atoms with van der Waals surface area (Å²) in [4.78, 5) is 8.04. The highest BCUT2D eigenvalue weighted by Crippen LogP contribution is 2.17. The van der Waals surface area contributed by atoms with Gasteiger partial charge in [0, 0.05) is 39.6 Å². The molecule has 0 aromatic carbocycles. The normalized spacial score (nSPS) is 18.1. The van der Waals surface area contributed by atoms with E-state index in [2.05, 4.69) is 15.3 Å². The van der Waals surface area contributed by atoms with Crippen molar-refractivity contribution in [1.29, 1.82) is 0 Å². The molecule has 0 amide bonds. The number of anilines is 1. The van der Waals surface area contributed by atoms with Crippen molar-refractivity contribution in [1.82, 2.24) is 18.6 Å². The van der Waals surface area contributed by atoms with Crippen LogP contribution < -0.4 is 5.32 Å². The van der Waals surface area contributed by atoms with Gasteiger partial charge in [-0.25, -0.2) is 9.97 Å². The lowest BCUT2D eigenvalue weighted by atomic mass is 10.2. The van der Waals surface area contributed by atoms with Gasteiger partial charge in [-0.2, -0.15) is 17.0 Å². The average Bonchev–Trinajstić information content (AvgIpc) is 2.23. The van der Waals surface area contributed by atoms with E-state index in [1.165, 1.54) is 22.7 Å². The lowest BCUT2D eigenvalue weighted by molar-refractivity contribution is 0.263. The molecule has 1 aromatic heterocycles. The van der Waals surface area contributed by atoms with Crippen molar-refractivity contribution >= 4 is 16.2 Å². The van der Waals surface area contributed by atoms with Gasteiger partial charge >= 0.3 is 0 Å². The second-order valence-corrected chi connectivity index (χ2v) is 6.16. The fourth-order valence-corrected chi connectivity index (χ4v) is 2.70. The summed E-state index contributed by atoms with van der Waals surface area (Å²) in [5, 5.41) is 3.07. The van der Waals surface area contributed by atoms with Gasteiger partial charge in [0.05, 0.1) is 6.04 Å². The van der Waals surface area contributed by atoms with Gasteiger partial charge in [-0.05, 0) is 6.07 Å². The van der Waals surface area contributed by atoms with E-state index in [4.69, 9.17) is 0 Å². The monoisotopic (exact) mass is 257 g/mol. The Morgan fingerprint density at radius 2 is 1.94 bits per heavy atom. The second-order valence-electron chi connectivity index (χ2n) is 4.02. The Hall–Kier alpha value is -1.25. The molecule has 1 N–H and O–H groups in total. The predicted molar refractivity (Wildman–Crippen MR) is 63.6 cm³/mol. The topological polar surface area (TPSA) is 78.4 Å². The van der Waals surface area contributed by atoms with E-state index in [1.54, 1.807) is 18.5 Å². The van der Waals surface area contributed by atoms with Crippen LogP contribution in [0.2, 0.25) is 0 Å². The zero-order chi connectivity index (χ0) is 12.5. The maximum Gasteiger partial charge on any atom is 0.281 e. The summed E-state index contributed by atoms with van der Waals surface area (Å²) in [6.45, 7) is 0.886. The molecule has 2 rings (SSSR count). The highest BCUT2D eigenvalue weighted by molar-refractivity contribution is 7.86. The van der Waals surface area contributed by atoms with Crippen LogP contribution in [0.4, 0.5) is 5.95 Å². The van der Waals surface area contributed by atoms with Crippen molar-refractivity contribution < 1.29 is 8.42 Å². The number of aromatic nitrogens is 2. The van der Waals surface area contributed by atoms with Gasteiger partial charge in [0.2, 0.25) is 5.95 Å². The maximum atomic E-state index is 11.7. The minimum atomic E-state index is -3.28. The first-order chi connectivity index (χ1) is 8.00. The van der Waals surface area contributed by atoms with E-state index in [1.807, 2.05) is 0 Å². The van der Waals surface area contributed by atoms with Crippen LogP contribution in [0, 0.1) is 0 Å². The van der Waals surface area contributed by atoms with Gasteiger partial charge in [0.1, 0.15) is 0 Å². The van der Waals surface area contributed by atoms with Crippen molar-refractivity contribution in [2.24, 2.45) is 0 Å². The number of nitrogens with zero attached hydrogens (tertiary/aromatic N) is 4. The van der Waals surface area contributed by atoms with Crippen LogP contribution in [0.5, 0.6) is 0 Å². The number of hydrogen-bond acceptors (Lipinski definition) is 5. The lowest BCUT2D eigenvalue weighted by Crippen LogP contribution is -2.59. The van der Waals surface area contributed by atoms with Gasteiger partial charge in [0.25, 0.3) is 10.2 Å². The second kappa shape index (κ2) is 4.55. The zero-order valence-corrected chi connectivity index (χ0v) is 10.6. The number of rotatable bonds is 4. The van der Waals surface area contributed by atoms with Gasteiger partial charge in [-0.15, -0.1) is 0 Å². The molecule has 0 radical (unpaired) electrons. The molecular formula is C9H15N5O2S. The van der Waals surface area contributed by atoms with E-state index >= 15 is 0 Å². The van der Waals surface area contributed by atoms with E-state index in [9.17, 15) is 8.42 Å². The van der Waals surface area contributed by atoms with E-state index in [0.717, 1.165) is 0 Å². The molecule has 17 heavy (non-hydrogen) atoms. The third kappa shape index (κ3) is 2.54. The Kier molecular flexibility index (Phi) is 3.27. The Bertz CT molecular complexity index is 469. The summed E-state index contributed by atoms with van der Waals surface area (Å²) in [6, 6.07) is 1.81. The molecule has 7 nitrogen and oxygen atoms in total. The maximum absolute atomic E-state index is 11.7. The summed E-state index contributed by atoms with van der Waals surface area (Å²) >= 11 is 0. The van der Waals surface area contributed by atoms with Gasteiger partial charge in [-0.1, -0.05) is 0 Å². The number of hydrogen-bond donors (Lipinski definition) is 1. The van der Waals surface area contributed by atoms with E-state index in [-0.39, 0.29) is 6.04 Å². The van der Waals surface area contributed by atoms with Crippen molar-refractivity contribution in [3.63, 3.8) is 0 Å². The summed E-state index contributed by atoms with van der Waals surface area (Å²) in [7, 11) is -0.231. The fourth-order valence-electron chi connectivity index (χ4n) is 1.50. The molecule has 0 atom stereocenters. The largest absolute Gasteiger partial charge is 0.349 e. The molecule has 1 aliphatic rings. The van der Waals surface area contributed by atoms with Crippen molar-refractivity contribution in [2.75, 3.05) is 32.5 Å². The molecule has 8 heteroatoms. The van der Waals surface area contributed by atoms with Gasteiger partial charge in [0.15, 0.2) is 0 Å². The standard InChI is InChI=1S/C9H15N5O2S/c1-13(2)17(15,16)14-6-8(7-14)12-9-10-4-3-5-11-9/h3-5,8H,6-7H2,1-2H3,(H,10,11,12). The molecule has 1 aliphatic heterocycles. The van der Waals surface area contributed by atoms with Gasteiger partial charge in [-0.3, -0.25) is 0 Å². The summed E-state index contributed by atoms with van der Waals surface area (Å²) in [5.41, 5.74) is 0. The van der Waals surface area contributed by atoms with Crippen LogP contribution in [0.3, 0.4) is 0 Å². The Morgan fingerprint density at radius 1 is 1.35 bits per heavy atom. The van der Waals surface area contributed by atoms with Crippen molar-refractivity contribution in [3.05, 3.63) is 18.5 Å². The smallest absolute Gasteiger partial charge is 0.281 e. The predicted octanol–water partition coefficient (Wildman–Crippen LogP) is -0.621. The summed E-state index contributed by atoms with van der Waals surface area (Å²) in [6.07, 6.45) is 3.28. The van der Waals surface area contributed by atoms with Crippen LogP contribution in [0.25, 0.3) is 0 Å². The molecular weight excluding hydrogens is 242 g/mol. The zero-order valence-electron chi connectivity index (χ0n) is 9.74. The average molecular weight is 257 g/mol. The SMILES string of the molecule is CN(C)S(=O)(=O)N1CC(Nc2ncccn2)C1. The molecule has 94 valence electrons. The molecule has 1 fully saturated rings. The fraction of sp³-hybridized carbons (Fsp3) is 0.556. The lowest BCUT2D eigenvalue weighted by Gasteiger charge is -2.39. The Morgan fingerprint density at radius 3 is 2.47 bits per heavy atom. The summed E-state index contributed by atoms with van der Waals surface area (Å²) < 4.78 is 26.0. The minimum Gasteiger partial charge on any atom is -0.349 e. The van der Waals surface area contributed by atoms with Crippen molar-refractivity contribution in [2.45, 2.75) is 6.04 Å². The highest BCUT2D eigenvalue weighted by atomic mass is 32.2. The van der Waals surface area contributed by atoms with E-state index < -0.39 is 10.2 Å². The quantitative estimate of drug-likeness (QED) is 0.777. The van der Waals surface area contributed by atoms with Crippen LogP contribution in [0.1, 0.15) is 0 Å². The van der Waals surface area contributed by atoms with Crippen LogP contribution in [-0.4, -0.2) is 60.2 Å². The first kappa shape index (κ1) is 12.2. The van der Waals surface area contributed by atoms with Crippen LogP contribution >= 0.6 is 0 Å². The first-order valence-corrected chi connectivity index (χ1v) is 6.61. The molecule has 2 heterocycles. The van der Waals surface area contributed by atoms with Crippen molar-refractivity contribution in [3.8, 4) is 0 Å². The third-order valence-electron chi connectivity index (χ3n) is 2.53.